The van der Waals surface area contributed by atoms with E-state index < -0.39 is 0 Å². The van der Waals surface area contributed by atoms with E-state index in [1.54, 1.807) is 0 Å². The molecule has 0 heterocycles. The predicted octanol–water partition coefficient (Wildman–Crippen LogP) is 6.83. The van der Waals surface area contributed by atoms with Crippen molar-refractivity contribution < 1.29 is 4.74 Å². The summed E-state index contributed by atoms with van der Waals surface area (Å²) in [6, 6.07) is 0. The summed E-state index contributed by atoms with van der Waals surface area (Å²) < 4.78 is 6.12. The van der Waals surface area contributed by atoms with Gasteiger partial charge in [-0.1, -0.05) is 76.2 Å². The van der Waals surface area contributed by atoms with Gasteiger partial charge in [0.2, 0.25) is 0 Å². The molecule has 1 aliphatic rings. The fourth-order valence-electron chi connectivity index (χ4n) is 3.25. The average molecular weight is 307 g/mol. The van der Waals surface area contributed by atoms with Gasteiger partial charge < -0.3 is 4.74 Å². The summed E-state index contributed by atoms with van der Waals surface area (Å²) in [5.41, 5.74) is 0. The summed E-state index contributed by atoms with van der Waals surface area (Å²) in [6.07, 6.45) is 24.6. The van der Waals surface area contributed by atoms with Crippen molar-refractivity contribution in [3.63, 3.8) is 0 Å². The van der Waals surface area contributed by atoms with Gasteiger partial charge in [0.1, 0.15) is 0 Å². The number of hydrogen-bond donors (Lipinski definition) is 0. The van der Waals surface area contributed by atoms with E-state index in [0.29, 0.717) is 18.1 Å². The topological polar surface area (TPSA) is 9.23 Å². The third-order valence-electron chi connectivity index (χ3n) is 4.49. The van der Waals surface area contributed by atoms with E-state index in [1.807, 2.05) is 0 Å². The predicted molar refractivity (Wildman–Crippen MR) is 98.2 cm³/mol. The molecule has 0 saturated carbocycles. The quantitative estimate of drug-likeness (QED) is 0.319. The van der Waals surface area contributed by atoms with Gasteiger partial charge in [0.25, 0.3) is 0 Å². The maximum Gasteiger partial charge on any atom is 0.0578 e. The summed E-state index contributed by atoms with van der Waals surface area (Å²) >= 11 is 0. The minimum atomic E-state index is 0.362. The van der Waals surface area contributed by atoms with Gasteiger partial charge in [-0.15, -0.1) is 0 Å². The summed E-state index contributed by atoms with van der Waals surface area (Å²) in [5, 5.41) is 0. The molecule has 1 aliphatic carbocycles. The van der Waals surface area contributed by atoms with Crippen LogP contribution in [-0.2, 0) is 4.74 Å². The summed E-state index contributed by atoms with van der Waals surface area (Å²) in [7, 11) is 0. The molecule has 0 spiro atoms. The molecule has 0 aromatic carbocycles. The van der Waals surface area contributed by atoms with Gasteiger partial charge in [-0.25, -0.2) is 0 Å². The highest BCUT2D eigenvalue weighted by atomic mass is 16.5. The molecule has 1 unspecified atom stereocenters. The van der Waals surface area contributed by atoms with Crippen LogP contribution in [0.2, 0.25) is 0 Å². The molecule has 0 radical (unpaired) electrons. The Balaban J connectivity index is 2.08. The molecule has 0 aliphatic heterocycles. The Bertz CT molecular complexity index is 291. The van der Waals surface area contributed by atoms with Crippen molar-refractivity contribution >= 4 is 0 Å². The first-order valence-corrected chi connectivity index (χ1v) is 9.72. The van der Waals surface area contributed by atoms with Crippen molar-refractivity contribution in [2.75, 3.05) is 0 Å². The lowest BCUT2D eigenvalue weighted by Crippen LogP contribution is -2.18. The van der Waals surface area contributed by atoms with Gasteiger partial charge in [-0.05, 0) is 45.4 Å². The first kappa shape index (κ1) is 19.5. The maximum atomic E-state index is 6.12. The Labute approximate surface area is 139 Å². The van der Waals surface area contributed by atoms with Crippen molar-refractivity contribution in [3.8, 4) is 0 Å². The Morgan fingerprint density at radius 3 is 2.05 bits per heavy atom. The van der Waals surface area contributed by atoms with E-state index in [1.165, 1.54) is 70.6 Å². The highest BCUT2D eigenvalue weighted by molar-refractivity contribution is 5.17. The highest BCUT2D eigenvalue weighted by Crippen LogP contribution is 2.21. The van der Waals surface area contributed by atoms with Gasteiger partial charge in [0, 0.05) is 0 Å². The van der Waals surface area contributed by atoms with Crippen LogP contribution in [0.25, 0.3) is 0 Å². The van der Waals surface area contributed by atoms with Crippen LogP contribution in [0.4, 0.5) is 0 Å². The van der Waals surface area contributed by atoms with Gasteiger partial charge in [0.05, 0.1) is 12.2 Å². The fraction of sp³-hybridized carbons (Fsp3) is 0.810. The molecule has 128 valence electrons. The first-order chi connectivity index (χ1) is 10.7. The number of hydrogen-bond acceptors (Lipinski definition) is 1. The minimum Gasteiger partial charge on any atom is -0.376 e. The van der Waals surface area contributed by atoms with Crippen LogP contribution >= 0.6 is 0 Å². The summed E-state index contributed by atoms with van der Waals surface area (Å²) in [6.45, 7) is 6.62. The van der Waals surface area contributed by atoms with E-state index in [-0.39, 0.29) is 0 Å². The van der Waals surface area contributed by atoms with Gasteiger partial charge in [-0.3, -0.25) is 0 Å². The largest absolute Gasteiger partial charge is 0.376 e. The second kappa shape index (κ2) is 12.9. The lowest BCUT2D eigenvalue weighted by Gasteiger charge is -2.21. The summed E-state index contributed by atoms with van der Waals surface area (Å²) in [5.74, 6) is 0.679. The zero-order valence-electron chi connectivity index (χ0n) is 15.2. The number of allylic oxidation sites excluding steroid dienone is 4. The van der Waals surface area contributed by atoms with Crippen LogP contribution < -0.4 is 0 Å². The Hall–Kier alpha value is -0.560. The molecule has 0 saturated heterocycles. The third-order valence-corrected chi connectivity index (χ3v) is 4.49. The molecular formula is C21H38O. The van der Waals surface area contributed by atoms with Crippen LogP contribution in [0.15, 0.2) is 24.3 Å². The van der Waals surface area contributed by atoms with E-state index in [2.05, 4.69) is 45.1 Å². The zero-order valence-corrected chi connectivity index (χ0v) is 15.2. The van der Waals surface area contributed by atoms with Crippen LogP contribution in [0.5, 0.6) is 0 Å². The molecule has 1 heteroatoms. The van der Waals surface area contributed by atoms with E-state index in [4.69, 9.17) is 4.74 Å². The summed E-state index contributed by atoms with van der Waals surface area (Å²) in [4.78, 5) is 0. The first-order valence-electron chi connectivity index (χ1n) is 9.72. The molecule has 0 aromatic heterocycles. The monoisotopic (exact) mass is 306 g/mol. The van der Waals surface area contributed by atoms with E-state index in [0.717, 1.165) is 0 Å². The van der Waals surface area contributed by atoms with Gasteiger partial charge in [-0.2, -0.15) is 0 Å². The Morgan fingerprint density at radius 2 is 1.41 bits per heavy atom. The van der Waals surface area contributed by atoms with Crippen LogP contribution in [0.1, 0.15) is 91.4 Å². The smallest absolute Gasteiger partial charge is 0.0578 e. The fourth-order valence-corrected chi connectivity index (χ4v) is 3.25. The molecular weight excluding hydrogens is 268 g/mol. The van der Waals surface area contributed by atoms with Crippen molar-refractivity contribution in [3.05, 3.63) is 24.3 Å². The van der Waals surface area contributed by atoms with E-state index >= 15 is 0 Å². The minimum absolute atomic E-state index is 0.362. The van der Waals surface area contributed by atoms with Crippen molar-refractivity contribution in [2.24, 2.45) is 5.92 Å². The lowest BCUT2D eigenvalue weighted by molar-refractivity contribution is -0.00409. The highest BCUT2D eigenvalue weighted by Gasteiger charge is 2.12. The van der Waals surface area contributed by atoms with Crippen LogP contribution in [0, 0.1) is 5.92 Å². The molecule has 0 amide bonds. The molecule has 0 fully saturated rings. The van der Waals surface area contributed by atoms with Gasteiger partial charge >= 0.3 is 0 Å². The average Bonchev–Trinajstić information content (AvgIpc) is 2.98. The van der Waals surface area contributed by atoms with Gasteiger partial charge in [0.15, 0.2) is 0 Å². The van der Waals surface area contributed by atoms with E-state index in [9.17, 15) is 0 Å². The van der Waals surface area contributed by atoms with Crippen LogP contribution in [0.3, 0.4) is 0 Å². The van der Waals surface area contributed by atoms with Crippen molar-refractivity contribution in [1.29, 1.82) is 0 Å². The molecule has 1 nitrogen and oxygen atoms in total. The number of unbranched alkanes of at least 4 members (excludes halogenated alkanes) is 6. The number of ether oxygens (including phenoxy) is 1. The zero-order chi connectivity index (χ0) is 16.0. The van der Waals surface area contributed by atoms with Crippen LogP contribution in [-0.4, -0.2) is 12.2 Å². The second-order valence-electron chi connectivity index (χ2n) is 7.08. The molecule has 1 rings (SSSR count). The third kappa shape index (κ3) is 10.2. The van der Waals surface area contributed by atoms with Crippen molar-refractivity contribution in [1.82, 2.24) is 0 Å². The Morgan fingerprint density at radius 1 is 0.818 bits per heavy atom. The lowest BCUT2D eigenvalue weighted by atomic mass is 9.99. The Kier molecular flexibility index (Phi) is 11.5. The molecule has 0 aromatic rings. The van der Waals surface area contributed by atoms with Crippen molar-refractivity contribution in [2.45, 2.75) is 104 Å². The SMILES string of the molecule is CCCCCCCCCC(CCCC1C=CC=C1)OC(C)C. The maximum absolute atomic E-state index is 6.12. The molecule has 22 heavy (non-hydrogen) atoms. The standard InChI is InChI=1S/C21H38O/c1-4-5-6-7-8-9-10-17-21(22-19(2)3)18-13-16-20-14-11-12-15-20/h11-12,14-15,19-21H,4-10,13,16-18H2,1-3H3. The molecule has 1 atom stereocenters. The molecule has 0 N–H and O–H groups in total. The number of rotatable bonds is 14. The molecule has 0 bridgehead atoms. The second-order valence-corrected chi connectivity index (χ2v) is 7.08. The normalized spacial score (nSPS) is 16.0.